The van der Waals surface area contributed by atoms with Gasteiger partial charge in [-0.2, -0.15) is 0 Å². The van der Waals surface area contributed by atoms with Crippen molar-refractivity contribution < 1.29 is 19.1 Å². The highest BCUT2D eigenvalue weighted by Crippen LogP contribution is 2.24. The standard InChI is InChI=1S/C18H22O4/c1-5-9-10-11-18(21)22-17(13-20)16(8-4)15(7-3)14(6-2)12-19/h5-7,9-13H,8H2,1-4H3/b9-5+,11-10+,14-6-,15-7-,17-16+. The lowest BCUT2D eigenvalue weighted by atomic mass is 9.95. The van der Waals surface area contributed by atoms with Gasteiger partial charge < -0.3 is 4.74 Å². The molecule has 0 radical (unpaired) electrons. The molecule has 0 aliphatic rings. The average Bonchev–Trinajstić information content (AvgIpc) is 2.53. The zero-order chi connectivity index (χ0) is 17.0. The zero-order valence-electron chi connectivity index (χ0n) is 13.5. The molecule has 0 aromatic heterocycles. The molecule has 0 aliphatic heterocycles. The number of allylic oxidation sites excluding steroid dienone is 9. The van der Waals surface area contributed by atoms with E-state index >= 15 is 0 Å². The maximum atomic E-state index is 11.7. The SMILES string of the molecule is C/C=C/C=C/C(=O)O/C(C=O)=C(CC)/C(=C\C)C(/C=O)=C\C. The Balaban J connectivity index is 5.66. The van der Waals surface area contributed by atoms with Gasteiger partial charge in [-0.25, -0.2) is 4.79 Å². The van der Waals surface area contributed by atoms with Crippen LogP contribution in [0.25, 0.3) is 0 Å². The van der Waals surface area contributed by atoms with Crippen molar-refractivity contribution in [1.82, 2.24) is 0 Å². The van der Waals surface area contributed by atoms with E-state index in [0.29, 0.717) is 35.7 Å². The molecule has 0 saturated heterocycles. The van der Waals surface area contributed by atoms with Crippen LogP contribution in [0.1, 0.15) is 34.1 Å². The van der Waals surface area contributed by atoms with Gasteiger partial charge in [0.15, 0.2) is 12.0 Å². The molecule has 0 aliphatic carbocycles. The van der Waals surface area contributed by atoms with E-state index < -0.39 is 5.97 Å². The highest BCUT2D eigenvalue weighted by molar-refractivity contribution is 5.89. The minimum Gasteiger partial charge on any atom is -0.420 e. The molecule has 0 amide bonds. The van der Waals surface area contributed by atoms with Gasteiger partial charge in [-0.3, -0.25) is 9.59 Å². The highest BCUT2D eigenvalue weighted by Gasteiger charge is 2.15. The minimum atomic E-state index is -0.644. The molecule has 0 saturated carbocycles. The molecular weight excluding hydrogens is 280 g/mol. The lowest BCUT2D eigenvalue weighted by Crippen LogP contribution is -2.07. The zero-order valence-corrected chi connectivity index (χ0v) is 13.5. The quantitative estimate of drug-likeness (QED) is 0.226. The largest absolute Gasteiger partial charge is 0.420 e. The first kappa shape index (κ1) is 19.5. The van der Waals surface area contributed by atoms with Gasteiger partial charge in [0.2, 0.25) is 0 Å². The van der Waals surface area contributed by atoms with Gasteiger partial charge in [-0.15, -0.1) is 0 Å². The van der Waals surface area contributed by atoms with Gasteiger partial charge in [0.1, 0.15) is 6.29 Å². The van der Waals surface area contributed by atoms with Gasteiger partial charge in [-0.05, 0) is 32.8 Å². The molecule has 118 valence electrons. The van der Waals surface area contributed by atoms with Crippen LogP contribution in [0.15, 0.2) is 58.9 Å². The second-order valence-electron chi connectivity index (χ2n) is 4.18. The van der Waals surface area contributed by atoms with Crippen molar-refractivity contribution in [3.8, 4) is 0 Å². The number of hydrogen-bond donors (Lipinski definition) is 0. The van der Waals surface area contributed by atoms with Gasteiger partial charge >= 0.3 is 5.97 Å². The lowest BCUT2D eigenvalue weighted by molar-refractivity contribution is -0.135. The fourth-order valence-corrected chi connectivity index (χ4v) is 1.84. The first-order valence-corrected chi connectivity index (χ1v) is 7.07. The molecule has 0 unspecified atom stereocenters. The van der Waals surface area contributed by atoms with E-state index in [4.69, 9.17) is 4.74 Å². The second-order valence-corrected chi connectivity index (χ2v) is 4.18. The third kappa shape index (κ3) is 5.87. The topological polar surface area (TPSA) is 60.4 Å². The first-order valence-electron chi connectivity index (χ1n) is 7.07. The summed E-state index contributed by atoms with van der Waals surface area (Å²) in [5.74, 6) is -0.721. The maximum absolute atomic E-state index is 11.7. The van der Waals surface area contributed by atoms with Crippen molar-refractivity contribution in [3.05, 3.63) is 58.9 Å². The van der Waals surface area contributed by atoms with Gasteiger partial charge in [0, 0.05) is 17.2 Å². The predicted octanol–water partition coefficient (Wildman–Crippen LogP) is 3.62. The van der Waals surface area contributed by atoms with Crippen LogP contribution in [0.3, 0.4) is 0 Å². The number of rotatable bonds is 8. The molecule has 22 heavy (non-hydrogen) atoms. The third-order valence-electron chi connectivity index (χ3n) is 2.87. The van der Waals surface area contributed by atoms with E-state index in [9.17, 15) is 14.4 Å². The van der Waals surface area contributed by atoms with E-state index in [1.165, 1.54) is 12.2 Å². The lowest BCUT2D eigenvalue weighted by Gasteiger charge is -2.13. The van der Waals surface area contributed by atoms with Crippen LogP contribution in [0.2, 0.25) is 0 Å². The molecule has 0 fully saturated rings. The summed E-state index contributed by atoms with van der Waals surface area (Å²) >= 11 is 0. The summed E-state index contributed by atoms with van der Waals surface area (Å²) < 4.78 is 5.09. The number of carbonyl (C=O) groups excluding carboxylic acids is 3. The molecule has 0 rings (SSSR count). The molecule has 0 aromatic rings. The Morgan fingerprint density at radius 2 is 1.68 bits per heavy atom. The van der Waals surface area contributed by atoms with Crippen molar-refractivity contribution in [2.24, 2.45) is 0 Å². The molecule has 0 spiro atoms. The van der Waals surface area contributed by atoms with Gasteiger partial charge in [0.05, 0.1) is 0 Å². The van der Waals surface area contributed by atoms with Crippen molar-refractivity contribution >= 4 is 18.5 Å². The number of hydrogen-bond acceptors (Lipinski definition) is 4. The van der Waals surface area contributed by atoms with E-state index in [1.54, 1.807) is 38.2 Å². The smallest absolute Gasteiger partial charge is 0.336 e. The Morgan fingerprint density at radius 1 is 1.00 bits per heavy atom. The van der Waals surface area contributed by atoms with E-state index in [0.717, 1.165) is 0 Å². The summed E-state index contributed by atoms with van der Waals surface area (Å²) in [4.78, 5) is 34.1. The molecule has 0 N–H and O–H groups in total. The Labute approximate surface area is 131 Å². The molecule has 4 heteroatoms. The van der Waals surface area contributed by atoms with Crippen LogP contribution in [-0.2, 0) is 19.1 Å². The molecule has 4 nitrogen and oxygen atoms in total. The molecule has 0 atom stereocenters. The van der Waals surface area contributed by atoms with E-state index in [-0.39, 0.29) is 5.76 Å². The van der Waals surface area contributed by atoms with Crippen molar-refractivity contribution in [3.63, 3.8) is 0 Å². The number of ether oxygens (including phenoxy) is 1. The van der Waals surface area contributed by atoms with Crippen molar-refractivity contribution in [1.29, 1.82) is 0 Å². The Hall–Kier alpha value is -2.49. The van der Waals surface area contributed by atoms with Crippen molar-refractivity contribution in [2.75, 3.05) is 0 Å². The Kier molecular flexibility index (Phi) is 9.93. The highest BCUT2D eigenvalue weighted by atomic mass is 16.5. The maximum Gasteiger partial charge on any atom is 0.336 e. The third-order valence-corrected chi connectivity index (χ3v) is 2.87. The Bertz CT molecular complexity index is 558. The summed E-state index contributed by atoms with van der Waals surface area (Å²) in [6.45, 7) is 7.13. The Morgan fingerprint density at radius 3 is 2.09 bits per heavy atom. The summed E-state index contributed by atoms with van der Waals surface area (Å²) in [6.07, 6.45) is 11.2. The monoisotopic (exact) mass is 302 g/mol. The van der Waals surface area contributed by atoms with E-state index in [1.807, 2.05) is 13.8 Å². The average molecular weight is 302 g/mol. The van der Waals surface area contributed by atoms with Crippen LogP contribution < -0.4 is 0 Å². The molecule has 0 aromatic carbocycles. The van der Waals surface area contributed by atoms with Crippen LogP contribution >= 0.6 is 0 Å². The number of esters is 1. The molecule has 0 heterocycles. The summed E-state index contributed by atoms with van der Waals surface area (Å²) in [6, 6.07) is 0. The van der Waals surface area contributed by atoms with Crippen LogP contribution in [0.4, 0.5) is 0 Å². The summed E-state index contributed by atoms with van der Waals surface area (Å²) in [5, 5.41) is 0. The van der Waals surface area contributed by atoms with Crippen LogP contribution in [0, 0.1) is 0 Å². The predicted molar refractivity (Wildman–Crippen MR) is 87.0 cm³/mol. The summed E-state index contributed by atoms with van der Waals surface area (Å²) in [5.41, 5.74) is 1.55. The second kappa shape index (κ2) is 11.2. The van der Waals surface area contributed by atoms with Crippen LogP contribution in [-0.4, -0.2) is 18.5 Å². The van der Waals surface area contributed by atoms with Gasteiger partial charge in [-0.1, -0.05) is 37.3 Å². The molecule has 0 bridgehead atoms. The molecular formula is C18H22O4. The van der Waals surface area contributed by atoms with Crippen LogP contribution in [0.5, 0.6) is 0 Å². The first-order chi connectivity index (χ1) is 10.6. The fraction of sp³-hybridized carbons (Fsp3) is 0.278. The van der Waals surface area contributed by atoms with Crippen molar-refractivity contribution in [2.45, 2.75) is 34.1 Å². The normalized spacial score (nSPS) is 14.2. The number of aldehydes is 2. The fourth-order valence-electron chi connectivity index (χ4n) is 1.84. The summed E-state index contributed by atoms with van der Waals surface area (Å²) in [7, 11) is 0. The van der Waals surface area contributed by atoms with E-state index in [2.05, 4.69) is 0 Å². The minimum absolute atomic E-state index is 0.0769. The number of carbonyl (C=O) groups is 3. The van der Waals surface area contributed by atoms with Gasteiger partial charge in [0.25, 0.3) is 0 Å².